The lowest BCUT2D eigenvalue weighted by Gasteiger charge is -2.12. The Morgan fingerprint density at radius 2 is 0.873 bits per heavy atom. The van der Waals surface area contributed by atoms with E-state index in [-0.39, 0.29) is 34.5 Å². The molecule has 0 saturated carbocycles. The summed E-state index contributed by atoms with van der Waals surface area (Å²) in [6, 6.07) is 23.3. The number of nitrogens with zero attached hydrogens (tertiary/aromatic N) is 2. The van der Waals surface area contributed by atoms with Gasteiger partial charge < -0.3 is 36.1 Å². The van der Waals surface area contributed by atoms with Crippen molar-refractivity contribution in [2.24, 2.45) is 0 Å². The fourth-order valence-electron chi connectivity index (χ4n) is 5.11. The normalized spacial score (nSPS) is 11.0. The van der Waals surface area contributed by atoms with Crippen LogP contribution in [0, 0.1) is 0 Å². The zero-order chi connectivity index (χ0) is 45.9. The van der Waals surface area contributed by atoms with Crippen LogP contribution in [0.25, 0.3) is 0 Å². The molecule has 6 aromatic rings. The molecular formula is C42H31Cl2F6N7O6. The van der Waals surface area contributed by atoms with Gasteiger partial charge in [-0.25, -0.2) is 9.59 Å². The predicted molar refractivity (Wildman–Crippen MR) is 223 cm³/mol. The number of pyridine rings is 2. The Balaban J connectivity index is 0.000000238. The Kier molecular flexibility index (Phi) is 15.2. The Morgan fingerprint density at radius 3 is 1.25 bits per heavy atom. The number of urea groups is 2. The van der Waals surface area contributed by atoms with E-state index in [4.69, 9.17) is 32.7 Å². The van der Waals surface area contributed by atoms with Gasteiger partial charge in [0.1, 0.15) is 34.4 Å². The molecule has 5 amide bonds. The molecule has 13 nitrogen and oxygen atoms in total. The summed E-state index contributed by atoms with van der Waals surface area (Å²) in [5.74, 6) is 1.13. The zero-order valence-corrected chi connectivity index (χ0v) is 33.9. The highest BCUT2D eigenvalue weighted by Crippen LogP contribution is 2.37. The highest BCUT2D eigenvalue weighted by atomic mass is 35.5. The van der Waals surface area contributed by atoms with Crippen LogP contribution in [-0.4, -0.2) is 40.8 Å². The van der Waals surface area contributed by atoms with Gasteiger partial charge in [-0.2, -0.15) is 26.3 Å². The summed E-state index contributed by atoms with van der Waals surface area (Å²) in [6.45, 7) is 1.39. The van der Waals surface area contributed by atoms with Crippen LogP contribution < -0.4 is 36.1 Å². The lowest BCUT2D eigenvalue weighted by molar-refractivity contribution is -0.138. The Morgan fingerprint density at radius 1 is 0.508 bits per heavy atom. The van der Waals surface area contributed by atoms with Crippen LogP contribution in [0.2, 0.25) is 10.0 Å². The SMILES string of the molecule is CC(=O)c1cc(Oc2ccc(NC(=O)Nc3ccc(Cl)c(C(F)(F)F)c3)cc2)ccn1.CNC(=O)c1cc(Oc2ccc(NC(=O)Nc3ccc(Cl)c(C(F)(F)F)c3)cc2)ccn1. The number of ketones is 1. The van der Waals surface area contributed by atoms with Gasteiger partial charge in [-0.05, 0) is 97.1 Å². The molecule has 0 spiro atoms. The number of hydrogen-bond donors (Lipinski definition) is 5. The van der Waals surface area contributed by atoms with Gasteiger partial charge >= 0.3 is 24.4 Å². The van der Waals surface area contributed by atoms with Crippen molar-refractivity contribution in [1.82, 2.24) is 15.3 Å². The minimum Gasteiger partial charge on any atom is -0.457 e. The monoisotopic (exact) mass is 913 g/mol. The van der Waals surface area contributed by atoms with Crippen LogP contribution in [0.1, 0.15) is 39.0 Å². The third kappa shape index (κ3) is 13.8. The van der Waals surface area contributed by atoms with E-state index >= 15 is 0 Å². The van der Waals surface area contributed by atoms with E-state index < -0.39 is 45.6 Å². The number of carbonyl (C=O) groups is 4. The molecule has 0 unspecified atom stereocenters. The number of hydrogen-bond acceptors (Lipinski definition) is 8. The molecule has 5 N–H and O–H groups in total. The third-order valence-corrected chi connectivity index (χ3v) is 8.70. The summed E-state index contributed by atoms with van der Waals surface area (Å²) < 4.78 is 88.9. The minimum absolute atomic E-state index is 0.0619. The summed E-state index contributed by atoms with van der Waals surface area (Å²) in [5.41, 5.74) is -1.00. The van der Waals surface area contributed by atoms with Crippen LogP contribution >= 0.6 is 23.2 Å². The molecule has 0 aliphatic rings. The Labute approximate surface area is 363 Å². The number of aromatic nitrogens is 2. The van der Waals surface area contributed by atoms with Crippen molar-refractivity contribution in [3.63, 3.8) is 0 Å². The van der Waals surface area contributed by atoms with Crippen molar-refractivity contribution in [2.45, 2.75) is 19.3 Å². The number of halogens is 8. The van der Waals surface area contributed by atoms with Crippen molar-refractivity contribution in [1.29, 1.82) is 0 Å². The number of Topliss-reactive ketones (excluding diaryl/α,β-unsaturated/α-hetero) is 1. The lowest BCUT2D eigenvalue weighted by atomic mass is 10.2. The minimum atomic E-state index is -4.64. The summed E-state index contributed by atoms with van der Waals surface area (Å²) in [4.78, 5) is 55.1. The molecule has 2 heterocycles. The maximum Gasteiger partial charge on any atom is 0.417 e. The first-order valence-electron chi connectivity index (χ1n) is 17.9. The van der Waals surface area contributed by atoms with Crippen molar-refractivity contribution in [3.8, 4) is 23.0 Å². The molecule has 0 radical (unpaired) electrons. The first kappa shape index (κ1) is 46.7. The molecule has 0 aliphatic carbocycles. The summed E-state index contributed by atoms with van der Waals surface area (Å²) in [5, 5.41) is 11.2. The second-order valence-electron chi connectivity index (χ2n) is 12.7. The maximum atomic E-state index is 12.9. The number of alkyl halides is 6. The highest BCUT2D eigenvalue weighted by molar-refractivity contribution is 6.32. The van der Waals surface area contributed by atoms with Crippen molar-refractivity contribution in [3.05, 3.63) is 154 Å². The van der Waals surface area contributed by atoms with E-state index in [9.17, 15) is 45.5 Å². The number of anilines is 4. The third-order valence-electron chi connectivity index (χ3n) is 8.04. The van der Waals surface area contributed by atoms with Crippen molar-refractivity contribution < 1.29 is 55.0 Å². The lowest BCUT2D eigenvalue weighted by Crippen LogP contribution is -2.19. The largest absolute Gasteiger partial charge is 0.457 e. The molecule has 0 atom stereocenters. The fourth-order valence-corrected chi connectivity index (χ4v) is 5.56. The maximum absolute atomic E-state index is 12.9. The van der Waals surface area contributed by atoms with Gasteiger partial charge in [0.2, 0.25) is 0 Å². The molecular weight excluding hydrogens is 883 g/mol. The summed E-state index contributed by atoms with van der Waals surface area (Å²) >= 11 is 11.1. The molecule has 2 aromatic heterocycles. The van der Waals surface area contributed by atoms with Gasteiger partial charge in [0.25, 0.3) is 5.91 Å². The van der Waals surface area contributed by atoms with Gasteiger partial charge in [-0.15, -0.1) is 0 Å². The molecule has 63 heavy (non-hydrogen) atoms. The number of carbonyl (C=O) groups excluding carboxylic acids is 4. The first-order chi connectivity index (χ1) is 29.8. The average molecular weight is 915 g/mol. The topological polar surface area (TPSA) is 173 Å². The molecule has 0 fully saturated rings. The van der Waals surface area contributed by atoms with Gasteiger partial charge in [0, 0.05) is 61.2 Å². The first-order valence-corrected chi connectivity index (χ1v) is 18.6. The molecule has 326 valence electrons. The van der Waals surface area contributed by atoms with Crippen LogP contribution in [0.3, 0.4) is 0 Å². The van der Waals surface area contributed by atoms with Gasteiger partial charge in [0.15, 0.2) is 5.78 Å². The molecule has 0 aliphatic heterocycles. The van der Waals surface area contributed by atoms with Crippen LogP contribution in [0.15, 0.2) is 122 Å². The van der Waals surface area contributed by atoms with Crippen LogP contribution in [0.4, 0.5) is 58.7 Å². The van der Waals surface area contributed by atoms with Gasteiger partial charge in [0.05, 0.1) is 21.2 Å². The summed E-state index contributed by atoms with van der Waals surface area (Å²) in [6.07, 6.45) is -6.40. The van der Waals surface area contributed by atoms with E-state index in [0.717, 1.165) is 24.3 Å². The number of rotatable bonds is 10. The van der Waals surface area contributed by atoms with E-state index in [0.29, 0.717) is 34.4 Å². The standard InChI is InChI=1S/C21H16ClF3N4O3.C21H15ClF3N3O3/c1-26-19(30)18-11-15(8-9-27-18)32-14-5-2-12(3-6-14)28-20(31)29-13-4-7-17(22)16(10-13)21(23,24)25;1-12(29)19-11-16(8-9-26-19)31-15-5-2-13(3-6-15)27-20(30)28-14-4-7-18(22)17(10-14)21(23,24)25/h2-11H,1H3,(H,26,30)(H2,28,29,31);2-11H,1H3,(H2,27,28,30). The zero-order valence-electron chi connectivity index (χ0n) is 32.4. The van der Waals surface area contributed by atoms with E-state index in [1.807, 2.05) is 0 Å². The van der Waals surface area contributed by atoms with Gasteiger partial charge in [-0.3, -0.25) is 19.6 Å². The fraction of sp³-hybridized carbons (Fsp3) is 0.0952. The second kappa shape index (κ2) is 20.5. The van der Waals surface area contributed by atoms with Crippen LogP contribution in [0.5, 0.6) is 23.0 Å². The molecule has 0 saturated heterocycles. The molecule has 6 rings (SSSR count). The Bertz CT molecular complexity index is 2620. The Hall–Kier alpha value is -7.38. The number of benzene rings is 4. The number of ether oxygens (including phenoxy) is 2. The van der Waals surface area contributed by atoms with E-state index in [1.165, 1.54) is 50.6 Å². The van der Waals surface area contributed by atoms with E-state index in [2.05, 4.69) is 36.6 Å². The van der Waals surface area contributed by atoms with Crippen molar-refractivity contribution in [2.75, 3.05) is 28.3 Å². The molecule has 4 aromatic carbocycles. The highest BCUT2D eigenvalue weighted by Gasteiger charge is 2.34. The number of amides is 5. The van der Waals surface area contributed by atoms with E-state index in [1.54, 1.807) is 60.7 Å². The van der Waals surface area contributed by atoms with Crippen molar-refractivity contribution >= 4 is 69.7 Å². The quantitative estimate of drug-likeness (QED) is 0.0667. The second-order valence-corrected chi connectivity index (χ2v) is 13.5. The molecule has 21 heteroatoms. The van der Waals surface area contributed by atoms with Crippen LogP contribution in [-0.2, 0) is 12.4 Å². The predicted octanol–water partition coefficient (Wildman–Crippen LogP) is 11.9. The smallest absolute Gasteiger partial charge is 0.417 e. The average Bonchev–Trinajstić information content (AvgIpc) is 3.23. The van der Waals surface area contributed by atoms with Gasteiger partial charge in [-0.1, -0.05) is 23.2 Å². The summed E-state index contributed by atoms with van der Waals surface area (Å²) in [7, 11) is 1.49. The number of nitrogens with one attached hydrogen (secondary N) is 5. The molecule has 0 bridgehead atoms.